The van der Waals surface area contributed by atoms with Crippen LogP contribution >= 0.6 is 11.6 Å². The van der Waals surface area contributed by atoms with E-state index in [4.69, 9.17) is 11.6 Å². The molecule has 1 saturated heterocycles. The predicted molar refractivity (Wildman–Crippen MR) is 67.2 cm³/mol. The molecule has 0 spiro atoms. The SMILES string of the molecule is O=[N+]([O-])c1cccc(CN2CCC(Cl)CC2)c1. The summed E-state index contributed by atoms with van der Waals surface area (Å²) in [6.45, 7) is 2.71. The summed E-state index contributed by atoms with van der Waals surface area (Å²) in [4.78, 5) is 12.6. The molecule has 1 fully saturated rings. The Bertz CT molecular complexity index is 403. The average Bonchev–Trinajstić information content (AvgIpc) is 2.32. The maximum Gasteiger partial charge on any atom is 0.269 e. The second-order valence-electron chi connectivity index (χ2n) is 4.38. The van der Waals surface area contributed by atoms with Crippen molar-refractivity contribution in [1.82, 2.24) is 4.90 Å². The Labute approximate surface area is 105 Å². The van der Waals surface area contributed by atoms with Crippen molar-refractivity contribution in [2.24, 2.45) is 0 Å². The molecule has 92 valence electrons. The maximum atomic E-state index is 10.7. The number of hydrogen-bond donors (Lipinski definition) is 0. The average molecular weight is 255 g/mol. The molecule has 0 amide bonds. The standard InChI is InChI=1S/C12H15ClN2O2/c13-11-4-6-14(7-5-11)9-10-2-1-3-12(8-10)15(16)17/h1-3,8,11H,4-7,9H2. The van der Waals surface area contributed by atoms with Crippen molar-refractivity contribution in [3.63, 3.8) is 0 Å². The first-order valence-corrected chi connectivity index (χ1v) is 6.18. The number of nitrogens with zero attached hydrogens (tertiary/aromatic N) is 2. The summed E-state index contributed by atoms with van der Waals surface area (Å²) >= 11 is 6.04. The lowest BCUT2D eigenvalue weighted by Crippen LogP contribution is -2.33. The van der Waals surface area contributed by atoms with Crippen LogP contribution in [0.4, 0.5) is 5.69 Å². The lowest BCUT2D eigenvalue weighted by atomic mass is 10.1. The van der Waals surface area contributed by atoms with Crippen LogP contribution in [0.25, 0.3) is 0 Å². The van der Waals surface area contributed by atoms with Crippen molar-refractivity contribution in [2.75, 3.05) is 13.1 Å². The number of nitro benzene ring substituents is 1. The number of alkyl halides is 1. The quantitative estimate of drug-likeness (QED) is 0.473. The molecule has 0 bridgehead atoms. The van der Waals surface area contributed by atoms with Gasteiger partial charge in [0.15, 0.2) is 0 Å². The summed E-state index contributed by atoms with van der Waals surface area (Å²) < 4.78 is 0. The van der Waals surface area contributed by atoms with E-state index in [1.165, 1.54) is 6.07 Å². The Kier molecular flexibility index (Phi) is 3.97. The van der Waals surface area contributed by atoms with Crippen LogP contribution in [0.3, 0.4) is 0 Å². The minimum atomic E-state index is -0.353. The zero-order valence-electron chi connectivity index (χ0n) is 9.51. The molecule has 1 aliphatic rings. The number of nitro groups is 1. The van der Waals surface area contributed by atoms with Crippen molar-refractivity contribution in [1.29, 1.82) is 0 Å². The summed E-state index contributed by atoms with van der Waals surface area (Å²) in [5.74, 6) is 0. The lowest BCUT2D eigenvalue weighted by molar-refractivity contribution is -0.384. The molecule has 0 atom stereocenters. The fraction of sp³-hybridized carbons (Fsp3) is 0.500. The molecule has 4 nitrogen and oxygen atoms in total. The van der Waals surface area contributed by atoms with Gasteiger partial charge in [-0.15, -0.1) is 11.6 Å². The first kappa shape index (κ1) is 12.3. The summed E-state index contributed by atoms with van der Waals surface area (Å²) in [6, 6.07) is 6.84. The van der Waals surface area contributed by atoms with E-state index < -0.39 is 0 Å². The molecule has 0 radical (unpaired) electrons. The number of rotatable bonds is 3. The minimum Gasteiger partial charge on any atom is -0.299 e. The smallest absolute Gasteiger partial charge is 0.269 e. The topological polar surface area (TPSA) is 46.4 Å². The Morgan fingerprint density at radius 2 is 2.12 bits per heavy atom. The van der Waals surface area contributed by atoms with Crippen molar-refractivity contribution >= 4 is 17.3 Å². The lowest BCUT2D eigenvalue weighted by Gasteiger charge is -2.29. The maximum absolute atomic E-state index is 10.7. The van der Waals surface area contributed by atoms with E-state index in [-0.39, 0.29) is 16.0 Å². The molecular weight excluding hydrogens is 240 g/mol. The van der Waals surface area contributed by atoms with Gasteiger partial charge in [0.1, 0.15) is 0 Å². The second-order valence-corrected chi connectivity index (χ2v) is 5.00. The van der Waals surface area contributed by atoms with E-state index in [0.29, 0.717) is 0 Å². The number of piperidine rings is 1. The van der Waals surface area contributed by atoms with E-state index in [9.17, 15) is 10.1 Å². The molecule has 1 aromatic carbocycles. The molecule has 5 heteroatoms. The third kappa shape index (κ3) is 3.41. The van der Waals surface area contributed by atoms with Crippen molar-refractivity contribution in [3.8, 4) is 0 Å². The van der Waals surface area contributed by atoms with E-state index in [1.807, 2.05) is 6.07 Å². The molecule has 0 saturated carbocycles. The highest BCUT2D eigenvalue weighted by Crippen LogP contribution is 2.19. The third-order valence-electron chi connectivity index (χ3n) is 3.04. The molecule has 1 aromatic rings. The minimum absolute atomic E-state index is 0.162. The van der Waals surface area contributed by atoms with Gasteiger partial charge in [0, 0.05) is 24.1 Å². The van der Waals surface area contributed by atoms with Crippen LogP contribution in [0, 0.1) is 10.1 Å². The fourth-order valence-electron chi connectivity index (χ4n) is 2.09. The number of non-ortho nitro benzene ring substituents is 1. The summed E-state index contributed by atoms with van der Waals surface area (Å²) in [7, 11) is 0. The van der Waals surface area contributed by atoms with Crippen molar-refractivity contribution in [3.05, 3.63) is 39.9 Å². The van der Waals surface area contributed by atoms with Gasteiger partial charge in [0.05, 0.1) is 4.92 Å². The summed E-state index contributed by atoms with van der Waals surface area (Å²) in [6.07, 6.45) is 1.99. The van der Waals surface area contributed by atoms with Crippen LogP contribution in [0.2, 0.25) is 0 Å². The van der Waals surface area contributed by atoms with E-state index in [2.05, 4.69) is 4.90 Å². The van der Waals surface area contributed by atoms with Crippen LogP contribution in [0.5, 0.6) is 0 Å². The molecule has 0 unspecified atom stereocenters. The number of halogens is 1. The normalized spacial score (nSPS) is 18.2. The second kappa shape index (κ2) is 5.47. The highest BCUT2D eigenvalue weighted by atomic mass is 35.5. The van der Waals surface area contributed by atoms with Gasteiger partial charge in [-0.3, -0.25) is 15.0 Å². The fourth-order valence-corrected chi connectivity index (χ4v) is 2.28. The Morgan fingerprint density at radius 3 is 2.76 bits per heavy atom. The molecule has 0 aliphatic carbocycles. The summed E-state index contributed by atoms with van der Waals surface area (Å²) in [5.41, 5.74) is 1.15. The van der Waals surface area contributed by atoms with E-state index in [1.54, 1.807) is 12.1 Å². The first-order chi connectivity index (χ1) is 8.15. The number of benzene rings is 1. The van der Waals surface area contributed by atoms with Gasteiger partial charge < -0.3 is 0 Å². The molecule has 0 aromatic heterocycles. The van der Waals surface area contributed by atoms with E-state index >= 15 is 0 Å². The monoisotopic (exact) mass is 254 g/mol. The van der Waals surface area contributed by atoms with Crippen LogP contribution < -0.4 is 0 Å². The van der Waals surface area contributed by atoms with Crippen LogP contribution in [0.15, 0.2) is 24.3 Å². The van der Waals surface area contributed by atoms with Gasteiger partial charge in [-0.1, -0.05) is 12.1 Å². The zero-order valence-corrected chi connectivity index (χ0v) is 10.3. The number of hydrogen-bond acceptors (Lipinski definition) is 3. The Hall–Kier alpha value is -1.13. The molecule has 2 rings (SSSR count). The zero-order chi connectivity index (χ0) is 12.3. The third-order valence-corrected chi connectivity index (χ3v) is 3.48. The van der Waals surface area contributed by atoms with Gasteiger partial charge in [0.2, 0.25) is 0 Å². The van der Waals surface area contributed by atoms with Gasteiger partial charge in [-0.2, -0.15) is 0 Å². The Morgan fingerprint density at radius 1 is 1.41 bits per heavy atom. The van der Waals surface area contributed by atoms with Crippen LogP contribution in [0.1, 0.15) is 18.4 Å². The van der Waals surface area contributed by atoms with Gasteiger partial charge in [0.25, 0.3) is 5.69 Å². The van der Waals surface area contributed by atoms with Gasteiger partial charge in [-0.25, -0.2) is 0 Å². The highest BCUT2D eigenvalue weighted by Gasteiger charge is 2.17. The molecule has 17 heavy (non-hydrogen) atoms. The van der Waals surface area contributed by atoms with Crippen LogP contribution in [-0.2, 0) is 6.54 Å². The first-order valence-electron chi connectivity index (χ1n) is 5.75. The van der Waals surface area contributed by atoms with Crippen molar-refractivity contribution in [2.45, 2.75) is 24.8 Å². The molecular formula is C12H15ClN2O2. The number of likely N-dealkylation sites (tertiary alicyclic amines) is 1. The summed E-state index contributed by atoms with van der Waals surface area (Å²) in [5, 5.41) is 11.0. The molecule has 1 aliphatic heterocycles. The highest BCUT2D eigenvalue weighted by molar-refractivity contribution is 6.20. The Balaban J connectivity index is 1.98. The van der Waals surface area contributed by atoms with E-state index in [0.717, 1.165) is 38.0 Å². The van der Waals surface area contributed by atoms with Gasteiger partial charge in [-0.05, 0) is 31.5 Å². The van der Waals surface area contributed by atoms with Gasteiger partial charge >= 0.3 is 0 Å². The predicted octanol–water partition coefficient (Wildman–Crippen LogP) is 2.80. The van der Waals surface area contributed by atoms with Crippen LogP contribution in [-0.4, -0.2) is 28.3 Å². The largest absolute Gasteiger partial charge is 0.299 e. The molecule has 1 heterocycles. The van der Waals surface area contributed by atoms with Crippen molar-refractivity contribution < 1.29 is 4.92 Å². The molecule has 0 N–H and O–H groups in total.